The van der Waals surface area contributed by atoms with E-state index in [0.29, 0.717) is 18.2 Å². The lowest BCUT2D eigenvalue weighted by atomic mass is 10.2. The normalized spacial score (nSPS) is 10.4. The van der Waals surface area contributed by atoms with Gasteiger partial charge in [0.15, 0.2) is 12.4 Å². The molecule has 26 heavy (non-hydrogen) atoms. The second kappa shape index (κ2) is 8.15. The van der Waals surface area contributed by atoms with Gasteiger partial charge in [0.2, 0.25) is 5.88 Å². The smallest absolute Gasteiger partial charge is 0.258 e. The van der Waals surface area contributed by atoms with Crippen molar-refractivity contribution in [3.05, 3.63) is 71.9 Å². The number of aromatic nitrogens is 3. The van der Waals surface area contributed by atoms with Crippen LogP contribution in [0.1, 0.15) is 11.3 Å². The molecular weight excluding hydrogens is 335 g/mol. The molecule has 7 heteroatoms. The SMILES string of the molecule is Cc1cc(OCC(=O)NCc2ccc(F)cc2)nc(-c2ccncc2)n1. The molecule has 2 heterocycles. The van der Waals surface area contributed by atoms with Crippen molar-refractivity contribution < 1.29 is 13.9 Å². The average molecular weight is 352 g/mol. The molecule has 0 unspecified atom stereocenters. The number of carbonyl (C=O) groups excluding carboxylic acids is 1. The van der Waals surface area contributed by atoms with E-state index in [-0.39, 0.29) is 18.3 Å². The summed E-state index contributed by atoms with van der Waals surface area (Å²) in [5.41, 5.74) is 2.35. The lowest BCUT2D eigenvalue weighted by Crippen LogP contribution is -2.28. The van der Waals surface area contributed by atoms with Crippen LogP contribution in [0, 0.1) is 12.7 Å². The van der Waals surface area contributed by atoms with Crippen molar-refractivity contribution in [2.24, 2.45) is 0 Å². The number of nitrogens with zero attached hydrogens (tertiary/aromatic N) is 3. The Morgan fingerprint density at radius 3 is 2.58 bits per heavy atom. The fraction of sp³-hybridized carbons (Fsp3) is 0.158. The number of hydrogen-bond acceptors (Lipinski definition) is 5. The molecule has 1 amide bonds. The molecule has 3 rings (SSSR count). The molecule has 1 N–H and O–H groups in total. The first-order chi connectivity index (χ1) is 12.6. The topological polar surface area (TPSA) is 77.0 Å². The Kier molecular flexibility index (Phi) is 5.48. The summed E-state index contributed by atoms with van der Waals surface area (Å²) in [4.78, 5) is 24.6. The molecule has 0 radical (unpaired) electrons. The number of halogens is 1. The van der Waals surface area contributed by atoms with Gasteiger partial charge in [-0.25, -0.2) is 9.37 Å². The number of aryl methyl sites for hydroxylation is 1. The van der Waals surface area contributed by atoms with E-state index in [2.05, 4.69) is 20.3 Å². The van der Waals surface area contributed by atoms with Gasteiger partial charge >= 0.3 is 0 Å². The van der Waals surface area contributed by atoms with Crippen LogP contribution in [0.5, 0.6) is 5.88 Å². The Bertz CT molecular complexity index is 886. The zero-order chi connectivity index (χ0) is 18.4. The van der Waals surface area contributed by atoms with Crippen LogP contribution in [0.15, 0.2) is 54.9 Å². The van der Waals surface area contributed by atoms with E-state index < -0.39 is 0 Å². The van der Waals surface area contributed by atoms with Gasteiger partial charge in [-0.3, -0.25) is 9.78 Å². The van der Waals surface area contributed by atoms with Crippen LogP contribution >= 0.6 is 0 Å². The zero-order valence-electron chi connectivity index (χ0n) is 14.1. The molecule has 132 valence electrons. The molecule has 0 aliphatic heterocycles. The number of amides is 1. The summed E-state index contributed by atoms with van der Waals surface area (Å²) in [5, 5.41) is 2.71. The number of carbonyl (C=O) groups is 1. The molecule has 2 aromatic heterocycles. The highest BCUT2D eigenvalue weighted by molar-refractivity contribution is 5.77. The van der Waals surface area contributed by atoms with Gasteiger partial charge < -0.3 is 10.1 Å². The maximum Gasteiger partial charge on any atom is 0.258 e. The summed E-state index contributed by atoms with van der Waals surface area (Å²) >= 11 is 0. The fourth-order valence-electron chi connectivity index (χ4n) is 2.24. The number of benzene rings is 1. The molecule has 0 fully saturated rings. The maximum absolute atomic E-state index is 12.9. The summed E-state index contributed by atoms with van der Waals surface area (Å²) in [7, 11) is 0. The summed E-state index contributed by atoms with van der Waals surface area (Å²) in [6.45, 7) is 1.95. The zero-order valence-corrected chi connectivity index (χ0v) is 14.1. The Labute approximate surface area is 150 Å². The average Bonchev–Trinajstić information content (AvgIpc) is 2.66. The van der Waals surface area contributed by atoms with E-state index in [1.54, 1.807) is 42.7 Å². The molecule has 0 bridgehead atoms. The van der Waals surface area contributed by atoms with E-state index in [1.165, 1.54) is 12.1 Å². The first-order valence-corrected chi connectivity index (χ1v) is 8.00. The van der Waals surface area contributed by atoms with Crippen LogP contribution in [-0.4, -0.2) is 27.5 Å². The van der Waals surface area contributed by atoms with Crippen LogP contribution in [0.2, 0.25) is 0 Å². The van der Waals surface area contributed by atoms with Crippen LogP contribution in [-0.2, 0) is 11.3 Å². The molecule has 1 aromatic carbocycles. The van der Waals surface area contributed by atoms with Gasteiger partial charge in [0, 0.05) is 36.3 Å². The summed E-state index contributed by atoms with van der Waals surface area (Å²) in [5.74, 6) is 0.221. The van der Waals surface area contributed by atoms with Crippen molar-refractivity contribution >= 4 is 5.91 Å². The minimum absolute atomic E-state index is 0.173. The van der Waals surface area contributed by atoms with E-state index in [1.807, 2.05) is 6.92 Å². The molecule has 3 aromatic rings. The van der Waals surface area contributed by atoms with Gasteiger partial charge in [-0.1, -0.05) is 12.1 Å². The molecule has 0 spiro atoms. The van der Waals surface area contributed by atoms with Gasteiger partial charge in [-0.2, -0.15) is 4.98 Å². The minimum Gasteiger partial charge on any atom is -0.467 e. The summed E-state index contributed by atoms with van der Waals surface area (Å²) in [6.07, 6.45) is 3.31. The molecule has 0 aliphatic carbocycles. The highest BCUT2D eigenvalue weighted by Crippen LogP contribution is 2.18. The van der Waals surface area contributed by atoms with Crippen molar-refractivity contribution in [1.29, 1.82) is 0 Å². The van der Waals surface area contributed by atoms with E-state index in [4.69, 9.17) is 4.74 Å². The van der Waals surface area contributed by atoms with Crippen molar-refractivity contribution in [3.8, 4) is 17.3 Å². The molecule has 0 atom stereocenters. The third-order valence-corrected chi connectivity index (χ3v) is 3.52. The van der Waals surface area contributed by atoms with Crippen LogP contribution < -0.4 is 10.1 Å². The number of hydrogen-bond donors (Lipinski definition) is 1. The molecule has 0 saturated heterocycles. The van der Waals surface area contributed by atoms with Crippen LogP contribution in [0.25, 0.3) is 11.4 Å². The molecule has 0 aliphatic rings. The largest absolute Gasteiger partial charge is 0.467 e. The monoisotopic (exact) mass is 352 g/mol. The Hall–Kier alpha value is -3.35. The van der Waals surface area contributed by atoms with Crippen molar-refractivity contribution in [2.45, 2.75) is 13.5 Å². The first kappa shape index (κ1) is 17.5. The van der Waals surface area contributed by atoms with Crippen molar-refractivity contribution in [2.75, 3.05) is 6.61 Å². The van der Waals surface area contributed by atoms with Gasteiger partial charge in [-0.15, -0.1) is 0 Å². The van der Waals surface area contributed by atoms with E-state index in [9.17, 15) is 9.18 Å². The number of nitrogens with one attached hydrogen (secondary N) is 1. The van der Waals surface area contributed by atoms with Gasteiger partial charge in [0.1, 0.15) is 5.82 Å². The Balaban J connectivity index is 1.58. The highest BCUT2D eigenvalue weighted by atomic mass is 19.1. The van der Waals surface area contributed by atoms with E-state index >= 15 is 0 Å². The minimum atomic E-state index is -0.312. The second-order valence-corrected chi connectivity index (χ2v) is 5.60. The van der Waals surface area contributed by atoms with Gasteiger partial charge in [-0.05, 0) is 36.8 Å². The summed E-state index contributed by atoms with van der Waals surface area (Å²) in [6, 6.07) is 11.2. The molecule has 6 nitrogen and oxygen atoms in total. The van der Waals surface area contributed by atoms with Crippen LogP contribution in [0.3, 0.4) is 0 Å². The second-order valence-electron chi connectivity index (χ2n) is 5.60. The molecule has 0 saturated carbocycles. The fourth-order valence-corrected chi connectivity index (χ4v) is 2.24. The third-order valence-electron chi connectivity index (χ3n) is 3.52. The lowest BCUT2D eigenvalue weighted by Gasteiger charge is -2.09. The number of pyridine rings is 1. The van der Waals surface area contributed by atoms with Crippen LogP contribution in [0.4, 0.5) is 4.39 Å². The standard InChI is InChI=1S/C19H17FN4O2/c1-13-10-18(24-19(23-13)15-6-8-21-9-7-15)26-12-17(25)22-11-14-2-4-16(20)5-3-14/h2-10H,11-12H2,1H3,(H,22,25). The maximum atomic E-state index is 12.9. The van der Waals surface area contributed by atoms with Gasteiger partial charge in [0.05, 0.1) is 0 Å². The number of rotatable bonds is 6. The Morgan fingerprint density at radius 2 is 1.85 bits per heavy atom. The van der Waals surface area contributed by atoms with E-state index in [0.717, 1.165) is 16.8 Å². The lowest BCUT2D eigenvalue weighted by molar-refractivity contribution is -0.123. The quantitative estimate of drug-likeness (QED) is 0.738. The highest BCUT2D eigenvalue weighted by Gasteiger charge is 2.08. The predicted octanol–water partition coefficient (Wildman–Crippen LogP) is 2.68. The molecular formula is C19H17FN4O2. The van der Waals surface area contributed by atoms with Crippen molar-refractivity contribution in [1.82, 2.24) is 20.3 Å². The third kappa shape index (κ3) is 4.83. The van der Waals surface area contributed by atoms with Gasteiger partial charge in [0.25, 0.3) is 5.91 Å². The predicted molar refractivity (Wildman–Crippen MR) is 93.7 cm³/mol. The first-order valence-electron chi connectivity index (χ1n) is 8.00. The Morgan fingerprint density at radius 1 is 1.12 bits per heavy atom. The van der Waals surface area contributed by atoms with Crippen molar-refractivity contribution in [3.63, 3.8) is 0 Å². The number of ether oxygens (including phenoxy) is 1. The summed E-state index contributed by atoms with van der Waals surface area (Å²) < 4.78 is 18.3.